The molecule has 2 unspecified atom stereocenters. The summed E-state index contributed by atoms with van der Waals surface area (Å²) in [6, 6.07) is 0. The number of hydrogen-bond donors (Lipinski definition) is 3. The van der Waals surface area contributed by atoms with E-state index in [1.807, 2.05) is 0 Å². The van der Waals surface area contributed by atoms with E-state index in [-0.39, 0.29) is 25.7 Å². The Labute approximate surface area is 416 Å². The van der Waals surface area contributed by atoms with Gasteiger partial charge in [-0.25, -0.2) is 9.13 Å². The number of aliphatic hydroxyl groups excluding tert-OH is 1. The predicted octanol–water partition coefficient (Wildman–Crippen LogP) is 12.5. The van der Waals surface area contributed by atoms with Crippen LogP contribution in [0.2, 0.25) is 0 Å². The molecular weight excluding hydrogens is 934 g/mol. The Morgan fingerprint density at radius 3 is 0.855 bits per heavy atom. The van der Waals surface area contributed by atoms with Gasteiger partial charge in [-0.05, 0) is 25.7 Å². The summed E-state index contributed by atoms with van der Waals surface area (Å²) in [6.45, 7) is 4.57. The van der Waals surface area contributed by atoms with Crippen LogP contribution in [0.15, 0.2) is 0 Å². The number of rotatable bonds is 51. The van der Waals surface area contributed by atoms with Crippen LogP contribution < -0.4 is 0 Å². The van der Waals surface area contributed by atoms with E-state index in [9.17, 15) is 43.2 Å². The van der Waals surface area contributed by atoms with Gasteiger partial charge in [0.15, 0.2) is 12.2 Å². The molecule has 408 valence electrons. The van der Waals surface area contributed by atoms with Gasteiger partial charge in [0.25, 0.3) is 0 Å². The normalized spacial score (nSPS) is 14.6. The fraction of sp³-hybridized carbons (Fsp3) is 0.920. The molecule has 0 aliphatic rings. The van der Waals surface area contributed by atoms with E-state index in [2.05, 4.69) is 27.7 Å². The second-order valence-electron chi connectivity index (χ2n) is 18.2. The molecule has 0 aliphatic heterocycles. The second-order valence-corrected chi connectivity index (χ2v) is 21.1. The standard InChI is InChI=1S/C50H96O17P2/c1-5-9-13-17-19-21-22-23-25-29-33-37-50(55)67-46(41-61-48(53)35-31-28-24-20-18-14-10-6-2)43-65-69(58,59)63-39-44(51)38-62-68(56,57)64-42-45(66-49(54)36-32-27-16-12-8-4)40-60-47(52)34-30-26-15-11-7-3/h44-46,51H,5-43H2,1-4H3,(H,56,57)(H,58,59)/t44-,45+,46+/m0/s1. The second kappa shape index (κ2) is 45.9. The Kier molecular flexibility index (Phi) is 44.6. The van der Waals surface area contributed by atoms with E-state index in [0.29, 0.717) is 25.7 Å². The molecule has 0 spiro atoms. The van der Waals surface area contributed by atoms with Crippen LogP contribution in [0.4, 0.5) is 0 Å². The fourth-order valence-corrected chi connectivity index (χ4v) is 8.74. The Morgan fingerprint density at radius 1 is 0.348 bits per heavy atom. The minimum Gasteiger partial charge on any atom is -0.462 e. The van der Waals surface area contributed by atoms with Crippen LogP contribution in [-0.2, 0) is 65.4 Å². The summed E-state index contributed by atoms with van der Waals surface area (Å²) in [5.41, 5.74) is 0. The van der Waals surface area contributed by atoms with E-state index in [1.54, 1.807) is 0 Å². The van der Waals surface area contributed by atoms with Crippen molar-refractivity contribution in [2.75, 3.05) is 39.6 Å². The molecule has 0 radical (unpaired) electrons. The van der Waals surface area contributed by atoms with Crippen molar-refractivity contribution in [3.05, 3.63) is 0 Å². The van der Waals surface area contributed by atoms with E-state index >= 15 is 0 Å². The zero-order valence-corrected chi connectivity index (χ0v) is 45.0. The third-order valence-electron chi connectivity index (χ3n) is 11.4. The van der Waals surface area contributed by atoms with Gasteiger partial charge in [0.1, 0.15) is 19.3 Å². The molecule has 0 heterocycles. The number of unbranched alkanes of at least 4 members (excludes halogenated alkanes) is 25. The third kappa shape index (κ3) is 45.7. The maximum Gasteiger partial charge on any atom is 0.472 e. The first-order valence-corrected chi connectivity index (χ1v) is 29.8. The maximum atomic E-state index is 12.8. The summed E-state index contributed by atoms with van der Waals surface area (Å²) in [7, 11) is -9.83. The number of carbonyl (C=O) groups is 4. The van der Waals surface area contributed by atoms with Crippen molar-refractivity contribution < 1.29 is 80.2 Å². The Balaban J connectivity index is 5.14. The first kappa shape index (κ1) is 67.1. The van der Waals surface area contributed by atoms with Gasteiger partial charge >= 0.3 is 39.5 Å². The number of hydrogen-bond acceptors (Lipinski definition) is 15. The molecule has 0 saturated carbocycles. The summed E-state index contributed by atoms with van der Waals surface area (Å²) in [5, 5.41) is 10.4. The lowest BCUT2D eigenvalue weighted by Crippen LogP contribution is -2.30. The topological polar surface area (TPSA) is 237 Å². The van der Waals surface area contributed by atoms with Gasteiger partial charge in [-0.3, -0.25) is 37.3 Å². The average molecular weight is 1030 g/mol. The highest BCUT2D eigenvalue weighted by atomic mass is 31.2. The van der Waals surface area contributed by atoms with Crippen LogP contribution in [0.25, 0.3) is 0 Å². The highest BCUT2D eigenvalue weighted by molar-refractivity contribution is 7.47. The van der Waals surface area contributed by atoms with Gasteiger partial charge in [-0.15, -0.1) is 0 Å². The first-order valence-electron chi connectivity index (χ1n) is 26.8. The third-order valence-corrected chi connectivity index (χ3v) is 13.3. The monoisotopic (exact) mass is 1030 g/mol. The zero-order valence-electron chi connectivity index (χ0n) is 43.3. The van der Waals surface area contributed by atoms with E-state index < -0.39 is 97.5 Å². The largest absolute Gasteiger partial charge is 0.472 e. The van der Waals surface area contributed by atoms with Gasteiger partial charge in [-0.2, -0.15) is 0 Å². The van der Waals surface area contributed by atoms with Gasteiger partial charge in [-0.1, -0.05) is 188 Å². The zero-order chi connectivity index (χ0) is 51.3. The van der Waals surface area contributed by atoms with Crippen LogP contribution >= 0.6 is 15.6 Å². The summed E-state index contributed by atoms with van der Waals surface area (Å²) in [5.74, 6) is -2.18. The van der Waals surface area contributed by atoms with Crippen molar-refractivity contribution >= 4 is 39.5 Å². The molecule has 5 atom stereocenters. The Bertz CT molecular complexity index is 1370. The average Bonchev–Trinajstić information content (AvgIpc) is 3.31. The summed E-state index contributed by atoms with van der Waals surface area (Å²) < 4.78 is 66.9. The number of ether oxygens (including phenoxy) is 4. The maximum absolute atomic E-state index is 12.8. The Morgan fingerprint density at radius 2 is 0.580 bits per heavy atom. The van der Waals surface area contributed by atoms with Gasteiger partial charge in [0.2, 0.25) is 0 Å². The van der Waals surface area contributed by atoms with E-state index in [4.69, 9.17) is 37.0 Å². The molecule has 3 N–H and O–H groups in total. The molecule has 0 amide bonds. The highest BCUT2D eigenvalue weighted by Crippen LogP contribution is 2.45. The van der Waals surface area contributed by atoms with Gasteiger partial charge in [0.05, 0.1) is 26.4 Å². The molecule has 17 nitrogen and oxygen atoms in total. The van der Waals surface area contributed by atoms with Crippen LogP contribution in [0.3, 0.4) is 0 Å². The summed E-state index contributed by atoms with van der Waals surface area (Å²) in [4.78, 5) is 70.9. The lowest BCUT2D eigenvalue weighted by Gasteiger charge is -2.21. The fourth-order valence-electron chi connectivity index (χ4n) is 7.16. The van der Waals surface area contributed by atoms with Crippen molar-refractivity contribution in [1.82, 2.24) is 0 Å². The molecule has 0 aromatic carbocycles. The SMILES string of the molecule is CCCCCCCCCCCCCC(=O)O[C@H](COC(=O)CCCCCCCCCC)COP(=O)(O)OC[C@@H](O)COP(=O)(O)OC[C@@H](COC(=O)CCCCCCC)OC(=O)CCCCCCC. The number of carbonyl (C=O) groups excluding carboxylic acids is 4. The molecule has 0 bridgehead atoms. The lowest BCUT2D eigenvalue weighted by molar-refractivity contribution is -0.161. The van der Waals surface area contributed by atoms with Crippen LogP contribution in [0.1, 0.15) is 240 Å². The van der Waals surface area contributed by atoms with Crippen molar-refractivity contribution in [2.45, 2.75) is 258 Å². The minimum absolute atomic E-state index is 0.0988. The molecule has 0 fully saturated rings. The van der Waals surface area contributed by atoms with Gasteiger partial charge in [0, 0.05) is 25.7 Å². The van der Waals surface area contributed by atoms with Crippen LogP contribution in [0.5, 0.6) is 0 Å². The molecule has 19 heteroatoms. The Hall–Kier alpha value is -1.94. The number of phosphoric ester groups is 2. The lowest BCUT2D eigenvalue weighted by atomic mass is 10.1. The molecule has 0 aromatic heterocycles. The molecule has 69 heavy (non-hydrogen) atoms. The number of aliphatic hydroxyl groups is 1. The van der Waals surface area contributed by atoms with Crippen molar-refractivity contribution in [3.63, 3.8) is 0 Å². The van der Waals surface area contributed by atoms with Crippen LogP contribution in [0, 0.1) is 0 Å². The van der Waals surface area contributed by atoms with Crippen molar-refractivity contribution in [3.8, 4) is 0 Å². The van der Waals surface area contributed by atoms with Gasteiger partial charge < -0.3 is 33.8 Å². The summed E-state index contributed by atoms with van der Waals surface area (Å²) >= 11 is 0. The van der Waals surface area contributed by atoms with Crippen molar-refractivity contribution in [2.24, 2.45) is 0 Å². The molecule has 0 aromatic rings. The first-order chi connectivity index (χ1) is 33.2. The molecule has 0 aliphatic carbocycles. The van der Waals surface area contributed by atoms with E-state index in [1.165, 1.54) is 57.8 Å². The van der Waals surface area contributed by atoms with Crippen molar-refractivity contribution in [1.29, 1.82) is 0 Å². The highest BCUT2D eigenvalue weighted by Gasteiger charge is 2.30. The molecular formula is C50H96O17P2. The van der Waals surface area contributed by atoms with Crippen LogP contribution in [-0.4, -0.2) is 96.7 Å². The smallest absolute Gasteiger partial charge is 0.462 e. The number of phosphoric acid groups is 2. The number of esters is 4. The molecule has 0 rings (SSSR count). The minimum atomic E-state index is -4.92. The van der Waals surface area contributed by atoms with E-state index in [0.717, 1.165) is 103 Å². The predicted molar refractivity (Wildman–Crippen MR) is 266 cm³/mol. The molecule has 0 saturated heterocycles. The summed E-state index contributed by atoms with van der Waals surface area (Å²) in [6.07, 6.45) is 26.0. The quantitative estimate of drug-likeness (QED) is 0.0222.